The van der Waals surface area contributed by atoms with Crippen molar-refractivity contribution in [2.75, 3.05) is 0 Å². The maximum Gasteiger partial charge on any atom is 0.416 e. The number of hydrogen-bond acceptors (Lipinski definition) is 2. The second kappa shape index (κ2) is 7.67. The van der Waals surface area contributed by atoms with E-state index in [4.69, 9.17) is 0 Å². The molecule has 2 aromatic rings. The fourth-order valence-corrected chi connectivity index (χ4v) is 4.50. The summed E-state index contributed by atoms with van der Waals surface area (Å²) in [7, 11) is 0. The molecule has 1 fully saturated rings. The van der Waals surface area contributed by atoms with Gasteiger partial charge in [0.2, 0.25) is 5.71 Å². The minimum Gasteiger partial charge on any atom is -0.757 e. The molecule has 4 nitrogen and oxygen atoms in total. The van der Waals surface area contributed by atoms with E-state index < -0.39 is 34.6 Å². The molecule has 0 aromatic heterocycles. The molecule has 1 saturated carbocycles. The lowest BCUT2D eigenvalue weighted by Gasteiger charge is -2.13. The van der Waals surface area contributed by atoms with Crippen LogP contribution >= 0.6 is 0 Å². The summed E-state index contributed by atoms with van der Waals surface area (Å²) in [6.45, 7) is 3.79. The molecule has 4 rings (SSSR count). The molecule has 0 amide bonds. The molecule has 34 heavy (non-hydrogen) atoms. The molecule has 174 valence electrons. The first-order valence-corrected chi connectivity index (χ1v) is 10.1. The van der Waals surface area contributed by atoms with Crippen molar-refractivity contribution in [1.82, 2.24) is 0 Å². The molecule has 0 unspecified atom stereocenters. The third-order valence-corrected chi connectivity index (χ3v) is 6.29. The second-order valence-corrected chi connectivity index (χ2v) is 8.68. The largest absolute Gasteiger partial charge is 0.757 e. The molecular weight excluding hydrogens is 458 g/mol. The van der Waals surface area contributed by atoms with E-state index in [0.29, 0.717) is 22.6 Å². The first-order valence-electron chi connectivity index (χ1n) is 10.1. The number of halogens is 6. The number of benzene rings is 2. The lowest BCUT2D eigenvalue weighted by atomic mass is 9.97. The van der Waals surface area contributed by atoms with Gasteiger partial charge in [-0.1, -0.05) is 26.0 Å². The predicted octanol–water partition coefficient (Wildman–Crippen LogP) is 5.86. The number of nitriles is 1. The van der Waals surface area contributed by atoms with Gasteiger partial charge >= 0.3 is 18.0 Å². The summed E-state index contributed by atoms with van der Waals surface area (Å²) < 4.78 is 79.1. The van der Waals surface area contributed by atoms with E-state index in [9.17, 15) is 37.0 Å². The van der Waals surface area contributed by atoms with Gasteiger partial charge in [-0.25, -0.2) is 0 Å². The Bertz CT molecular complexity index is 1300. The Hall–Kier alpha value is -3.70. The van der Waals surface area contributed by atoms with Crippen LogP contribution in [0.25, 0.3) is 5.41 Å². The van der Waals surface area contributed by atoms with E-state index in [1.54, 1.807) is 11.9 Å². The summed E-state index contributed by atoms with van der Waals surface area (Å²) in [6, 6.07) is 10.5. The standard InChI is InChI=1S/C24H16F6N4/c1-22(2)18-19(22)21(14-5-9-16(10-6-14)24(28,29)30)34(17(11-31)12-32)33-20(18)13-3-7-15(8-4-13)23(25,26)27/h3-10,18-19H,1-2H3/t18-,19+/m1/s1. The van der Waals surface area contributed by atoms with Crippen molar-refractivity contribution in [1.29, 1.82) is 5.26 Å². The minimum absolute atomic E-state index is 0.267. The van der Waals surface area contributed by atoms with E-state index in [0.717, 1.165) is 28.9 Å². The predicted molar refractivity (Wildman–Crippen MR) is 112 cm³/mol. The fourth-order valence-electron chi connectivity index (χ4n) is 4.50. The number of alkyl halides is 6. The van der Waals surface area contributed by atoms with Gasteiger partial charge in [0.05, 0.1) is 17.0 Å². The van der Waals surface area contributed by atoms with Gasteiger partial charge in [0, 0.05) is 22.1 Å². The number of hydrazone groups is 1. The Morgan fingerprint density at radius 1 is 0.882 bits per heavy atom. The van der Waals surface area contributed by atoms with E-state index in [-0.39, 0.29) is 11.8 Å². The number of fused-ring (bicyclic) bond motifs is 1. The van der Waals surface area contributed by atoms with Gasteiger partial charge in [0.25, 0.3) is 0 Å². The highest BCUT2D eigenvalue weighted by molar-refractivity contribution is 6.13. The topological polar surface area (TPSA) is 61.5 Å². The second-order valence-electron chi connectivity index (χ2n) is 8.68. The monoisotopic (exact) mass is 474 g/mol. The van der Waals surface area contributed by atoms with Gasteiger partial charge in [-0.2, -0.15) is 37.5 Å². The molecule has 0 bridgehead atoms. The first-order chi connectivity index (χ1) is 15.8. The molecule has 2 atom stereocenters. The van der Waals surface area contributed by atoms with Crippen molar-refractivity contribution in [3.63, 3.8) is 0 Å². The Morgan fingerprint density at radius 2 is 1.35 bits per heavy atom. The van der Waals surface area contributed by atoms with Crippen LogP contribution in [-0.4, -0.2) is 22.0 Å². The van der Waals surface area contributed by atoms with Crippen LogP contribution in [0.5, 0.6) is 0 Å². The molecule has 10 heteroatoms. The first kappa shape index (κ1) is 23.5. The van der Waals surface area contributed by atoms with Gasteiger partial charge in [-0.05, 0) is 46.5 Å². The van der Waals surface area contributed by atoms with Crippen molar-refractivity contribution in [2.45, 2.75) is 26.2 Å². The highest BCUT2D eigenvalue weighted by atomic mass is 19.4. The molecular formula is C24H16F6N4. The van der Waals surface area contributed by atoms with Crippen LogP contribution in [-0.2, 0) is 12.4 Å². The van der Waals surface area contributed by atoms with Crippen LogP contribution in [0.2, 0.25) is 0 Å². The van der Waals surface area contributed by atoms with Crippen molar-refractivity contribution in [3.8, 4) is 6.07 Å². The van der Waals surface area contributed by atoms with Crippen molar-refractivity contribution in [2.24, 2.45) is 22.4 Å². The summed E-state index contributed by atoms with van der Waals surface area (Å²) >= 11 is 0. The summed E-state index contributed by atoms with van der Waals surface area (Å²) in [5.41, 5.74) is -0.962. The van der Waals surface area contributed by atoms with Gasteiger partial charge < -0.3 is 5.41 Å². The highest BCUT2D eigenvalue weighted by Crippen LogP contribution is 2.62. The Kier molecular flexibility index (Phi) is 5.29. The molecule has 1 aliphatic carbocycles. The number of allylic oxidation sites excluding steroid dienone is 1. The van der Waals surface area contributed by atoms with Gasteiger partial charge in [-0.3, -0.25) is 0 Å². The summed E-state index contributed by atoms with van der Waals surface area (Å²) in [6.07, 6.45) is -9.03. The SMILES string of the molecule is CC1(C)[C@@H]2C(c3ccc(C(F)(F)F)cc3)=[N+](C(=C=[N-])C#N)N=C(c3ccc(C(F)(F)F)cc3)[C@@H]21. The summed E-state index contributed by atoms with van der Waals surface area (Å²) in [5, 5.41) is 23.5. The lowest BCUT2D eigenvalue weighted by Crippen LogP contribution is -2.28. The zero-order valence-electron chi connectivity index (χ0n) is 17.8. The smallest absolute Gasteiger partial charge is 0.416 e. The number of hydrogen-bond donors (Lipinski definition) is 0. The molecule has 2 aromatic carbocycles. The van der Waals surface area contributed by atoms with Crippen LogP contribution in [0.1, 0.15) is 36.1 Å². The van der Waals surface area contributed by atoms with E-state index in [1.165, 1.54) is 24.3 Å². The zero-order valence-corrected chi connectivity index (χ0v) is 17.8. The average molecular weight is 474 g/mol. The Morgan fingerprint density at radius 3 is 1.76 bits per heavy atom. The quantitative estimate of drug-likeness (QED) is 0.238. The molecule has 0 radical (unpaired) electrons. The molecule has 0 saturated heterocycles. The molecule has 1 aliphatic heterocycles. The maximum atomic E-state index is 13.0. The van der Waals surface area contributed by atoms with Crippen molar-refractivity contribution in [3.05, 3.63) is 81.9 Å². The molecule has 1 heterocycles. The van der Waals surface area contributed by atoms with Crippen LogP contribution in [0.15, 0.2) is 59.3 Å². The third-order valence-electron chi connectivity index (χ3n) is 6.29. The van der Waals surface area contributed by atoms with Gasteiger partial charge in [0.15, 0.2) is 6.07 Å². The van der Waals surface area contributed by atoms with E-state index in [1.807, 2.05) is 13.8 Å². The lowest BCUT2D eigenvalue weighted by molar-refractivity contribution is -0.476. The Balaban J connectivity index is 1.90. The third kappa shape index (κ3) is 3.82. The summed E-state index contributed by atoms with van der Waals surface area (Å²) in [4.78, 5) is 0. The minimum atomic E-state index is -4.53. The molecule has 0 spiro atoms. The van der Waals surface area contributed by atoms with Gasteiger partial charge in [0.1, 0.15) is 5.71 Å². The zero-order chi connectivity index (χ0) is 25.1. The Labute approximate surface area is 190 Å². The average Bonchev–Trinajstić information content (AvgIpc) is 3.35. The van der Waals surface area contributed by atoms with Crippen LogP contribution in [0.3, 0.4) is 0 Å². The molecule has 0 N–H and O–H groups in total. The van der Waals surface area contributed by atoms with Crippen LogP contribution in [0, 0.1) is 28.6 Å². The van der Waals surface area contributed by atoms with Crippen LogP contribution < -0.4 is 0 Å². The summed E-state index contributed by atoms with van der Waals surface area (Å²) in [5.74, 6) is 1.16. The van der Waals surface area contributed by atoms with Crippen molar-refractivity contribution >= 4 is 17.3 Å². The van der Waals surface area contributed by atoms with E-state index >= 15 is 0 Å². The van der Waals surface area contributed by atoms with Crippen LogP contribution in [0.4, 0.5) is 26.3 Å². The molecule has 2 aliphatic rings. The highest BCUT2D eigenvalue weighted by Gasteiger charge is 2.68. The normalized spacial score (nSPS) is 21.2. The van der Waals surface area contributed by atoms with E-state index in [2.05, 4.69) is 5.10 Å². The fraction of sp³-hybridized carbons (Fsp3) is 0.292. The van der Waals surface area contributed by atoms with Gasteiger partial charge in [-0.15, -0.1) is 0 Å². The number of rotatable bonds is 3. The maximum absolute atomic E-state index is 13.0. The number of nitrogens with zero attached hydrogens (tertiary/aromatic N) is 4. The van der Waals surface area contributed by atoms with Crippen molar-refractivity contribution < 1.29 is 31.0 Å².